The minimum absolute atomic E-state index is 0.0571. The molecule has 0 bridgehead atoms. The number of sulfonamides is 1. The van der Waals surface area contributed by atoms with Gasteiger partial charge in [0, 0.05) is 24.7 Å². The molecule has 8 nitrogen and oxygen atoms in total. The van der Waals surface area contributed by atoms with E-state index in [0.29, 0.717) is 23.7 Å². The van der Waals surface area contributed by atoms with Crippen LogP contribution in [0.5, 0.6) is 0 Å². The summed E-state index contributed by atoms with van der Waals surface area (Å²) in [5, 5.41) is 4.35. The highest BCUT2D eigenvalue weighted by molar-refractivity contribution is 7.89. The molecule has 190 valence electrons. The molecule has 1 atom stereocenters. The first-order valence-corrected chi connectivity index (χ1v) is 14.0. The number of halogens is 3. The summed E-state index contributed by atoms with van der Waals surface area (Å²) >= 11 is 6.79. The van der Waals surface area contributed by atoms with Crippen LogP contribution in [0.1, 0.15) is 38.5 Å². The van der Waals surface area contributed by atoms with E-state index in [1.165, 1.54) is 16.2 Å². The number of anilines is 1. The number of amides is 2. The van der Waals surface area contributed by atoms with Gasteiger partial charge in [-0.1, -0.05) is 43.7 Å². The zero-order valence-corrected chi connectivity index (χ0v) is 21.1. The number of thiazole rings is 1. The van der Waals surface area contributed by atoms with Crippen LogP contribution in [-0.4, -0.2) is 60.1 Å². The first-order valence-electron chi connectivity index (χ1n) is 11.3. The van der Waals surface area contributed by atoms with Crippen molar-refractivity contribution in [2.24, 2.45) is 5.92 Å². The van der Waals surface area contributed by atoms with Gasteiger partial charge in [-0.15, -0.1) is 11.3 Å². The first-order chi connectivity index (χ1) is 16.7. The van der Waals surface area contributed by atoms with Crippen molar-refractivity contribution in [1.29, 1.82) is 0 Å². The monoisotopic (exact) mass is 546 g/mol. The van der Waals surface area contributed by atoms with Gasteiger partial charge in [0.05, 0.1) is 11.6 Å². The Kier molecular flexibility index (Phi) is 8.04. The van der Waals surface area contributed by atoms with Crippen LogP contribution in [0.2, 0.25) is 5.02 Å². The van der Waals surface area contributed by atoms with Crippen molar-refractivity contribution in [3.8, 4) is 0 Å². The molecule has 1 N–H and O–H groups in total. The maximum Gasteiger partial charge on any atom is 0.248 e. The van der Waals surface area contributed by atoms with Crippen LogP contribution in [-0.2, 0) is 19.6 Å². The van der Waals surface area contributed by atoms with Gasteiger partial charge < -0.3 is 10.2 Å². The molecule has 2 aromatic rings. The largest absolute Gasteiger partial charge is 0.328 e. The third kappa shape index (κ3) is 5.82. The smallest absolute Gasteiger partial charge is 0.248 e. The summed E-state index contributed by atoms with van der Waals surface area (Å²) in [7, 11) is -4.50. The number of hydrogen-bond donors (Lipinski definition) is 1. The predicted molar refractivity (Wildman–Crippen MR) is 128 cm³/mol. The molecule has 1 aromatic heterocycles. The Balaban J connectivity index is 1.53. The molecule has 0 spiro atoms. The van der Waals surface area contributed by atoms with E-state index >= 15 is 0 Å². The van der Waals surface area contributed by atoms with Crippen molar-refractivity contribution < 1.29 is 26.8 Å². The average molecular weight is 547 g/mol. The fraction of sp³-hybridized carbons (Fsp3) is 0.500. The van der Waals surface area contributed by atoms with Crippen molar-refractivity contribution in [2.45, 2.75) is 49.5 Å². The van der Waals surface area contributed by atoms with Crippen LogP contribution in [0.25, 0.3) is 0 Å². The second-order valence-electron chi connectivity index (χ2n) is 8.70. The number of carbonyl (C=O) groups is 2. The quantitative estimate of drug-likeness (QED) is 0.531. The summed E-state index contributed by atoms with van der Waals surface area (Å²) in [5.41, 5.74) is 0. The van der Waals surface area contributed by atoms with Gasteiger partial charge >= 0.3 is 0 Å². The number of nitrogens with one attached hydrogen (secondary N) is 1. The van der Waals surface area contributed by atoms with Crippen molar-refractivity contribution >= 4 is 49.9 Å². The minimum Gasteiger partial charge on any atom is -0.328 e. The Labute approximate surface area is 211 Å². The summed E-state index contributed by atoms with van der Waals surface area (Å²) in [6, 6.07) is 0.312. The molecule has 0 radical (unpaired) electrons. The fourth-order valence-corrected chi connectivity index (χ4v) is 6.75. The molecule has 4 rings (SSSR count). The van der Waals surface area contributed by atoms with Gasteiger partial charge in [-0.3, -0.25) is 9.59 Å². The second kappa shape index (κ2) is 10.9. The molecule has 35 heavy (non-hydrogen) atoms. The number of nitrogens with zero attached hydrogens (tertiary/aromatic N) is 3. The maximum absolute atomic E-state index is 14.3. The summed E-state index contributed by atoms with van der Waals surface area (Å²) in [5.74, 6) is -2.96. The first kappa shape index (κ1) is 25.9. The predicted octanol–water partition coefficient (Wildman–Crippen LogP) is 3.89. The molecular formula is C22H25ClF2N4O4S2. The molecule has 2 aliphatic rings. The molecule has 13 heteroatoms. The molecule has 2 amide bonds. The van der Waals surface area contributed by atoms with Gasteiger partial charge in [0.25, 0.3) is 0 Å². The second-order valence-corrected chi connectivity index (χ2v) is 11.9. The highest BCUT2D eigenvalue weighted by atomic mass is 35.5. The van der Waals surface area contributed by atoms with E-state index in [0.717, 1.165) is 36.4 Å². The number of carbonyl (C=O) groups excluding carboxylic acids is 2. The zero-order valence-electron chi connectivity index (χ0n) is 18.8. The van der Waals surface area contributed by atoms with Crippen molar-refractivity contribution in [2.75, 3.05) is 25.0 Å². The summed E-state index contributed by atoms with van der Waals surface area (Å²) in [6.45, 7) is -0.806. The third-order valence-electron chi connectivity index (χ3n) is 6.44. The lowest BCUT2D eigenvalue weighted by atomic mass is 9.84. The average Bonchev–Trinajstić information content (AvgIpc) is 3.33. The topological polar surface area (TPSA) is 99.7 Å². The highest BCUT2D eigenvalue weighted by Crippen LogP contribution is 2.31. The van der Waals surface area contributed by atoms with Gasteiger partial charge in [0.15, 0.2) is 5.13 Å². The maximum atomic E-state index is 14.3. The lowest BCUT2D eigenvalue weighted by Crippen LogP contribution is -2.58. The molecule has 1 aliphatic carbocycles. The van der Waals surface area contributed by atoms with Gasteiger partial charge in [-0.25, -0.2) is 22.2 Å². The summed E-state index contributed by atoms with van der Waals surface area (Å²) < 4.78 is 54.9. The van der Waals surface area contributed by atoms with Crippen molar-refractivity contribution in [3.63, 3.8) is 0 Å². The van der Waals surface area contributed by atoms with E-state index in [9.17, 15) is 26.8 Å². The van der Waals surface area contributed by atoms with E-state index in [1.807, 2.05) is 0 Å². The SMILES string of the molecule is O=C(Nc1nccs1)[C@H](CC1CCCCC1)N1CCN(S(=O)(=O)c2cc(F)c(Cl)cc2F)CC1=O. The number of rotatable bonds is 7. The Hall–Kier alpha value is -2.15. The van der Waals surface area contributed by atoms with Crippen molar-refractivity contribution in [3.05, 3.63) is 40.4 Å². The third-order valence-corrected chi connectivity index (χ3v) is 9.28. The summed E-state index contributed by atoms with van der Waals surface area (Å²) in [4.78, 5) is 30.9. The van der Waals surface area contributed by atoms with Crippen LogP contribution in [0.4, 0.5) is 13.9 Å². The summed E-state index contributed by atoms with van der Waals surface area (Å²) in [6.07, 6.45) is 7.22. The van der Waals surface area contributed by atoms with Gasteiger partial charge in [-0.05, 0) is 24.5 Å². The van der Waals surface area contributed by atoms with E-state index in [-0.39, 0.29) is 24.9 Å². The van der Waals surface area contributed by atoms with Crippen LogP contribution in [0.15, 0.2) is 28.6 Å². The molecular weight excluding hydrogens is 522 g/mol. The van der Waals surface area contributed by atoms with Crippen molar-refractivity contribution in [1.82, 2.24) is 14.2 Å². The van der Waals surface area contributed by atoms with E-state index in [2.05, 4.69) is 10.3 Å². The normalized spacial score (nSPS) is 19.1. The van der Waals surface area contributed by atoms with E-state index in [1.54, 1.807) is 11.6 Å². The lowest BCUT2D eigenvalue weighted by Gasteiger charge is -2.39. The molecule has 1 saturated carbocycles. The Morgan fingerprint density at radius 2 is 1.94 bits per heavy atom. The molecule has 1 aromatic carbocycles. The van der Waals surface area contributed by atoms with Gasteiger partial charge in [0.1, 0.15) is 22.6 Å². The Morgan fingerprint density at radius 3 is 2.60 bits per heavy atom. The van der Waals surface area contributed by atoms with Crippen LogP contribution >= 0.6 is 22.9 Å². The Morgan fingerprint density at radius 1 is 1.20 bits per heavy atom. The number of benzene rings is 1. The van der Waals surface area contributed by atoms with Crippen LogP contribution in [0, 0.1) is 17.6 Å². The standard InChI is InChI=1S/C22H25ClF2N4O4S2/c23-15-11-17(25)19(12-16(15)24)35(32,33)28-7-8-29(20(30)13-28)18(10-14-4-2-1-3-5-14)21(31)27-22-26-6-9-34-22/h6,9,11-12,14,18H,1-5,7-8,10,13H2,(H,26,27,31)/t18-/m0/s1. The molecule has 1 saturated heterocycles. The molecule has 0 unspecified atom stereocenters. The zero-order chi connectivity index (χ0) is 25.2. The van der Waals surface area contributed by atoms with Crippen LogP contribution in [0.3, 0.4) is 0 Å². The Bertz CT molecular complexity index is 1190. The number of hydrogen-bond acceptors (Lipinski definition) is 6. The number of aromatic nitrogens is 1. The highest BCUT2D eigenvalue weighted by Gasteiger charge is 2.40. The van der Waals surface area contributed by atoms with E-state index < -0.39 is 50.1 Å². The van der Waals surface area contributed by atoms with Crippen LogP contribution < -0.4 is 5.32 Å². The van der Waals surface area contributed by atoms with Gasteiger partial charge in [0.2, 0.25) is 21.8 Å². The van der Waals surface area contributed by atoms with Gasteiger partial charge in [-0.2, -0.15) is 4.31 Å². The molecule has 1 aliphatic heterocycles. The molecule has 2 fully saturated rings. The molecule has 2 heterocycles. The van der Waals surface area contributed by atoms with E-state index in [4.69, 9.17) is 11.6 Å². The number of piperazine rings is 1. The lowest BCUT2D eigenvalue weighted by molar-refractivity contribution is -0.142. The fourth-order valence-electron chi connectivity index (χ4n) is 4.63. The minimum atomic E-state index is -4.50.